The van der Waals surface area contributed by atoms with Gasteiger partial charge in [0.1, 0.15) is 5.60 Å². The predicted octanol–water partition coefficient (Wildman–Crippen LogP) is 5.40. The minimum atomic E-state index is -3.47. The largest absolute Gasteiger partial charge is 0.383 e. The van der Waals surface area contributed by atoms with Crippen molar-refractivity contribution in [1.82, 2.24) is 9.71 Å². The summed E-state index contributed by atoms with van der Waals surface area (Å²) in [5.41, 5.74) is 2.17. The van der Waals surface area contributed by atoms with Gasteiger partial charge in [-0.1, -0.05) is 48.0 Å². The first kappa shape index (κ1) is 24.0. The van der Waals surface area contributed by atoms with Crippen molar-refractivity contribution in [2.24, 2.45) is 0 Å². The molecule has 0 radical (unpaired) electrons. The second kappa shape index (κ2) is 9.20. The number of nitrogens with one attached hydrogen (secondary N) is 1. The first-order valence-electron chi connectivity index (χ1n) is 11.9. The molecule has 1 aliphatic carbocycles. The van der Waals surface area contributed by atoms with Crippen molar-refractivity contribution < 1.29 is 18.3 Å². The quantitative estimate of drug-likeness (QED) is 0.328. The lowest BCUT2D eigenvalue weighted by atomic mass is 9.92. The smallest absolute Gasteiger partial charge is 0.215 e. The summed E-state index contributed by atoms with van der Waals surface area (Å²) in [6, 6.07) is 18.5. The summed E-state index contributed by atoms with van der Waals surface area (Å²) in [5.74, 6) is 0. The van der Waals surface area contributed by atoms with Gasteiger partial charge in [0.15, 0.2) is 0 Å². The highest BCUT2D eigenvalue weighted by Crippen LogP contribution is 2.41. The highest BCUT2D eigenvalue weighted by atomic mass is 35.5. The zero-order valence-corrected chi connectivity index (χ0v) is 21.7. The van der Waals surface area contributed by atoms with Gasteiger partial charge in [0.25, 0.3) is 0 Å². The molecule has 6 nitrogen and oxygen atoms in total. The number of rotatable bonds is 7. The van der Waals surface area contributed by atoms with Gasteiger partial charge in [0.2, 0.25) is 10.0 Å². The average Bonchev–Trinajstić information content (AvgIpc) is 3.52. The van der Waals surface area contributed by atoms with Crippen LogP contribution in [0.5, 0.6) is 0 Å². The van der Waals surface area contributed by atoms with Crippen LogP contribution in [0.2, 0.25) is 5.02 Å². The highest BCUT2D eigenvalue weighted by Gasteiger charge is 2.38. The molecule has 6 rings (SSSR count). The number of halogens is 1. The molecule has 1 saturated heterocycles. The first-order valence-corrected chi connectivity index (χ1v) is 14.6. The Bertz CT molecular complexity index is 1540. The fraction of sp³-hybridized carbons (Fsp3) is 0.296. The number of sulfonamides is 1. The van der Waals surface area contributed by atoms with Crippen LogP contribution in [0.25, 0.3) is 21.3 Å². The Morgan fingerprint density at radius 3 is 2.72 bits per heavy atom. The molecule has 1 aliphatic heterocycles. The third-order valence-electron chi connectivity index (χ3n) is 6.88. The third kappa shape index (κ3) is 4.47. The molecule has 0 unspecified atom stereocenters. The topological polar surface area (TPSA) is 88.5 Å². The molecule has 9 heteroatoms. The SMILES string of the molecule is O=S(=O)(N[C@@H](c1cc2cccc(-c3cc([C@@]4(O)CCOC4)ccn3)c2s1)c1ccccc1Cl)C1CC1. The fourth-order valence-electron chi connectivity index (χ4n) is 4.70. The van der Waals surface area contributed by atoms with Gasteiger partial charge in [-0.3, -0.25) is 4.98 Å². The van der Waals surface area contributed by atoms with Gasteiger partial charge in [-0.15, -0.1) is 11.3 Å². The van der Waals surface area contributed by atoms with Gasteiger partial charge in [-0.05, 0) is 53.6 Å². The van der Waals surface area contributed by atoms with Crippen LogP contribution in [0.3, 0.4) is 0 Å². The summed E-state index contributed by atoms with van der Waals surface area (Å²) in [5, 5.41) is 12.2. The van der Waals surface area contributed by atoms with Crippen molar-refractivity contribution in [1.29, 1.82) is 0 Å². The number of fused-ring (bicyclic) bond motifs is 1. The minimum Gasteiger partial charge on any atom is -0.383 e. The Morgan fingerprint density at radius 1 is 1.14 bits per heavy atom. The van der Waals surface area contributed by atoms with E-state index in [0.29, 0.717) is 30.9 Å². The maximum absolute atomic E-state index is 13.0. The van der Waals surface area contributed by atoms with Crippen LogP contribution in [0.1, 0.15) is 41.3 Å². The number of thiophene rings is 1. The Balaban J connectivity index is 1.45. The van der Waals surface area contributed by atoms with E-state index in [1.54, 1.807) is 12.3 Å². The number of nitrogens with zero attached hydrogens (tertiary/aromatic N) is 1. The lowest BCUT2D eigenvalue weighted by Gasteiger charge is -2.21. The number of pyridine rings is 1. The van der Waals surface area contributed by atoms with E-state index in [9.17, 15) is 13.5 Å². The monoisotopic (exact) mass is 540 g/mol. The molecule has 2 fully saturated rings. The van der Waals surface area contributed by atoms with Crippen molar-refractivity contribution >= 4 is 43.0 Å². The van der Waals surface area contributed by atoms with E-state index in [4.69, 9.17) is 16.3 Å². The zero-order valence-electron chi connectivity index (χ0n) is 19.4. The van der Waals surface area contributed by atoms with E-state index in [1.165, 1.54) is 11.3 Å². The van der Waals surface area contributed by atoms with Gasteiger partial charge in [0, 0.05) is 39.4 Å². The molecule has 3 heterocycles. The van der Waals surface area contributed by atoms with E-state index in [1.807, 2.05) is 54.6 Å². The van der Waals surface area contributed by atoms with E-state index in [2.05, 4.69) is 9.71 Å². The maximum atomic E-state index is 13.0. The van der Waals surface area contributed by atoms with Crippen LogP contribution in [0.15, 0.2) is 66.9 Å². The van der Waals surface area contributed by atoms with Gasteiger partial charge >= 0.3 is 0 Å². The average molecular weight is 541 g/mol. The second-order valence-corrected chi connectivity index (χ2v) is 12.9. The van der Waals surface area contributed by atoms with Gasteiger partial charge in [0.05, 0.1) is 23.6 Å². The van der Waals surface area contributed by atoms with Crippen molar-refractivity contribution in [3.8, 4) is 11.3 Å². The molecular formula is C27H25ClN2O4S2. The van der Waals surface area contributed by atoms with Crippen molar-refractivity contribution in [2.75, 3.05) is 13.2 Å². The molecule has 2 atom stereocenters. The normalized spacial score (nSPS) is 21.2. The Hall–Kier alpha value is -2.33. The summed E-state index contributed by atoms with van der Waals surface area (Å²) >= 11 is 8.07. The third-order valence-corrected chi connectivity index (χ3v) is 10.4. The standard InChI is InChI=1S/C27H25ClN2O4S2/c28-22-7-2-1-5-20(22)25(30-36(32,33)19-8-9-19)24-14-17-4-3-6-21(26(17)35-24)23-15-18(10-12-29-23)27(31)11-13-34-16-27/h1-7,10,12,14-15,19,25,30-31H,8-9,11,13,16H2/t25-,27-/m1/s1. The Morgan fingerprint density at radius 2 is 1.97 bits per heavy atom. The van der Waals surface area contributed by atoms with Crippen LogP contribution in [-0.2, 0) is 20.4 Å². The van der Waals surface area contributed by atoms with Crippen molar-refractivity contribution in [3.05, 3.63) is 87.9 Å². The number of aromatic nitrogens is 1. The summed E-state index contributed by atoms with van der Waals surface area (Å²) in [4.78, 5) is 5.46. The summed E-state index contributed by atoms with van der Waals surface area (Å²) < 4.78 is 35.3. The number of benzene rings is 2. The summed E-state index contributed by atoms with van der Waals surface area (Å²) in [7, 11) is -3.47. The maximum Gasteiger partial charge on any atom is 0.215 e. The summed E-state index contributed by atoms with van der Waals surface area (Å²) in [6.07, 6.45) is 3.62. The molecule has 1 saturated carbocycles. The van der Waals surface area contributed by atoms with Gasteiger partial charge < -0.3 is 9.84 Å². The molecule has 0 spiro atoms. The highest BCUT2D eigenvalue weighted by molar-refractivity contribution is 7.90. The molecule has 2 aliphatic rings. The van der Waals surface area contributed by atoms with Crippen LogP contribution in [0.4, 0.5) is 0 Å². The molecular weight excluding hydrogens is 516 g/mol. The lowest BCUT2D eigenvalue weighted by molar-refractivity contribution is 0.0232. The number of hydrogen-bond acceptors (Lipinski definition) is 6. The molecule has 0 bridgehead atoms. The minimum absolute atomic E-state index is 0.268. The number of aliphatic hydroxyl groups is 1. The van der Waals surface area contributed by atoms with Gasteiger partial charge in [-0.25, -0.2) is 13.1 Å². The summed E-state index contributed by atoms with van der Waals surface area (Å²) in [6.45, 7) is 0.794. The number of hydrogen-bond donors (Lipinski definition) is 2. The predicted molar refractivity (Wildman–Crippen MR) is 143 cm³/mol. The van der Waals surface area contributed by atoms with Crippen molar-refractivity contribution in [2.45, 2.75) is 36.2 Å². The van der Waals surface area contributed by atoms with E-state index in [-0.39, 0.29) is 11.9 Å². The molecule has 4 aromatic rings. The molecule has 0 amide bonds. The zero-order chi connectivity index (χ0) is 24.9. The van der Waals surface area contributed by atoms with Crippen molar-refractivity contribution in [3.63, 3.8) is 0 Å². The van der Waals surface area contributed by atoms with Crippen LogP contribution in [0, 0.1) is 0 Å². The van der Waals surface area contributed by atoms with E-state index < -0.39 is 21.7 Å². The second-order valence-electron chi connectivity index (χ2n) is 9.45. The Labute approximate surface area is 219 Å². The lowest BCUT2D eigenvalue weighted by Crippen LogP contribution is -2.31. The molecule has 186 valence electrons. The Kier molecular flexibility index (Phi) is 6.14. The molecule has 2 aromatic heterocycles. The molecule has 36 heavy (non-hydrogen) atoms. The molecule has 2 N–H and O–H groups in total. The van der Waals surface area contributed by atoms with Crippen LogP contribution < -0.4 is 4.72 Å². The van der Waals surface area contributed by atoms with E-state index in [0.717, 1.165) is 37.3 Å². The van der Waals surface area contributed by atoms with E-state index >= 15 is 0 Å². The fourth-order valence-corrected chi connectivity index (χ4v) is 7.80. The van der Waals surface area contributed by atoms with Gasteiger partial charge in [-0.2, -0.15) is 0 Å². The van der Waals surface area contributed by atoms with Crippen LogP contribution in [-0.4, -0.2) is 37.0 Å². The first-order chi connectivity index (χ1) is 17.3. The molecule has 2 aromatic carbocycles. The van der Waals surface area contributed by atoms with Crippen LogP contribution >= 0.6 is 22.9 Å². The number of ether oxygens (including phenoxy) is 1.